The molecule has 4 nitrogen and oxygen atoms in total. The lowest BCUT2D eigenvalue weighted by Gasteiger charge is -2.15. The Kier molecular flexibility index (Phi) is 4.80. The fourth-order valence-corrected chi connectivity index (χ4v) is 2.44. The van der Waals surface area contributed by atoms with Gasteiger partial charge in [0.05, 0.1) is 6.10 Å². The molecule has 0 radical (unpaired) electrons. The minimum atomic E-state index is -0.809. The SMILES string of the molecule is NC(CCC(=O)O)c1ccc(OC2CCCC2)cc1. The van der Waals surface area contributed by atoms with Gasteiger partial charge in [-0.2, -0.15) is 0 Å². The van der Waals surface area contributed by atoms with Crippen molar-refractivity contribution in [3.8, 4) is 5.75 Å². The maximum absolute atomic E-state index is 10.5. The Morgan fingerprint density at radius 3 is 2.53 bits per heavy atom. The highest BCUT2D eigenvalue weighted by Gasteiger charge is 2.16. The minimum absolute atomic E-state index is 0.0987. The van der Waals surface area contributed by atoms with E-state index in [1.165, 1.54) is 12.8 Å². The summed E-state index contributed by atoms with van der Waals surface area (Å²) in [5.74, 6) is 0.0673. The van der Waals surface area contributed by atoms with Crippen molar-refractivity contribution in [2.45, 2.75) is 50.7 Å². The smallest absolute Gasteiger partial charge is 0.303 e. The first-order chi connectivity index (χ1) is 9.15. The van der Waals surface area contributed by atoms with E-state index in [-0.39, 0.29) is 12.5 Å². The van der Waals surface area contributed by atoms with Gasteiger partial charge in [0.15, 0.2) is 0 Å². The highest BCUT2D eigenvalue weighted by atomic mass is 16.5. The van der Waals surface area contributed by atoms with Gasteiger partial charge in [-0.3, -0.25) is 4.79 Å². The first-order valence-corrected chi connectivity index (χ1v) is 6.89. The fraction of sp³-hybridized carbons (Fsp3) is 0.533. The molecule has 19 heavy (non-hydrogen) atoms. The quantitative estimate of drug-likeness (QED) is 0.827. The second-order valence-electron chi connectivity index (χ2n) is 5.13. The van der Waals surface area contributed by atoms with Crippen LogP contribution in [0, 0.1) is 0 Å². The van der Waals surface area contributed by atoms with Gasteiger partial charge in [-0.1, -0.05) is 12.1 Å². The largest absolute Gasteiger partial charge is 0.490 e. The van der Waals surface area contributed by atoms with Crippen LogP contribution in [0.25, 0.3) is 0 Å². The molecule has 4 heteroatoms. The van der Waals surface area contributed by atoms with Crippen LogP contribution < -0.4 is 10.5 Å². The van der Waals surface area contributed by atoms with E-state index in [2.05, 4.69) is 0 Å². The van der Waals surface area contributed by atoms with E-state index >= 15 is 0 Å². The van der Waals surface area contributed by atoms with Crippen molar-refractivity contribution in [2.24, 2.45) is 5.73 Å². The van der Waals surface area contributed by atoms with E-state index in [0.717, 1.165) is 24.2 Å². The van der Waals surface area contributed by atoms with Gasteiger partial charge < -0.3 is 15.6 Å². The Morgan fingerprint density at radius 1 is 1.32 bits per heavy atom. The number of aliphatic carboxylic acids is 1. The normalized spacial score (nSPS) is 17.3. The van der Waals surface area contributed by atoms with Crippen LogP contribution in [-0.2, 0) is 4.79 Å². The molecular weight excluding hydrogens is 242 g/mol. The van der Waals surface area contributed by atoms with Gasteiger partial charge in [0.25, 0.3) is 0 Å². The maximum Gasteiger partial charge on any atom is 0.303 e. The summed E-state index contributed by atoms with van der Waals surface area (Å²) in [6.07, 6.45) is 5.69. The molecule has 1 aliphatic rings. The second kappa shape index (κ2) is 6.57. The van der Waals surface area contributed by atoms with Gasteiger partial charge in [0, 0.05) is 12.5 Å². The molecule has 1 aliphatic carbocycles. The Labute approximate surface area is 113 Å². The summed E-state index contributed by atoms with van der Waals surface area (Å²) in [5, 5.41) is 8.64. The van der Waals surface area contributed by atoms with Gasteiger partial charge in [0.2, 0.25) is 0 Å². The average Bonchev–Trinajstić information content (AvgIpc) is 2.89. The monoisotopic (exact) mass is 263 g/mol. The third-order valence-corrected chi connectivity index (χ3v) is 3.58. The summed E-state index contributed by atoms with van der Waals surface area (Å²) in [7, 11) is 0. The zero-order valence-electron chi connectivity index (χ0n) is 11.0. The summed E-state index contributed by atoms with van der Waals surface area (Å²) in [5.41, 5.74) is 6.91. The molecule has 1 aromatic carbocycles. The predicted molar refractivity (Wildman–Crippen MR) is 73.1 cm³/mol. The molecule has 0 bridgehead atoms. The van der Waals surface area contributed by atoms with Crippen molar-refractivity contribution in [3.05, 3.63) is 29.8 Å². The van der Waals surface area contributed by atoms with Crippen LogP contribution in [0.3, 0.4) is 0 Å². The lowest BCUT2D eigenvalue weighted by molar-refractivity contribution is -0.137. The molecule has 0 saturated heterocycles. The predicted octanol–water partition coefficient (Wildman–Crippen LogP) is 2.87. The van der Waals surface area contributed by atoms with Gasteiger partial charge in [-0.25, -0.2) is 0 Å². The van der Waals surface area contributed by atoms with E-state index in [0.29, 0.717) is 12.5 Å². The molecule has 1 aromatic rings. The first-order valence-electron chi connectivity index (χ1n) is 6.89. The first kappa shape index (κ1) is 13.9. The van der Waals surface area contributed by atoms with Crippen LogP contribution in [0.4, 0.5) is 0 Å². The van der Waals surface area contributed by atoms with Crippen molar-refractivity contribution in [1.82, 2.24) is 0 Å². The topological polar surface area (TPSA) is 72.6 Å². The van der Waals surface area contributed by atoms with E-state index < -0.39 is 5.97 Å². The molecule has 1 saturated carbocycles. The number of rotatable bonds is 6. The second-order valence-corrected chi connectivity index (χ2v) is 5.13. The highest BCUT2D eigenvalue weighted by Crippen LogP contribution is 2.25. The number of hydrogen-bond donors (Lipinski definition) is 2. The minimum Gasteiger partial charge on any atom is -0.490 e. The molecule has 0 spiro atoms. The summed E-state index contributed by atoms with van der Waals surface area (Å²) >= 11 is 0. The number of nitrogens with two attached hydrogens (primary N) is 1. The number of carbonyl (C=O) groups is 1. The highest BCUT2D eigenvalue weighted by molar-refractivity contribution is 5.66. The van der Waals surface area contributed by atoms with E-state index in [9.17, 15) is 4.79 Å². The van der Waals surface area contributed by atoms with Crippen molar-refractivity contribution >= 4 is 5.97 Å². The standard InChI is InChI=1S/C15H21NO3/c16-14(9-10-15(17)18)11-5-7-13(8-6-11)19-12-3-1-2-4-12/h5-8,12,14H,1-4,9-10,16H2,(H,17,18). The number of benzene rings is 1. The van der Waals surface area contributed by atoms with Crippen LogP contribution >= 0.6 is 0 Å². The van der Waals surface area contributed by atoms with Crippen molar-refractivity contribution in [1.29, 1.82) is 0 Å². The van der Waals surface area contributed by atoms with Gasteiger partial charge in [0.1, 0.15) is 5.75 Å². The summed E-state index contributed by atoms with van der Waals surface area (Å²) < 4.78 is 5.87. The molecular formula is C15H21NO3. The summed E-state index contributed by atoms with van der Waals surface area (Å²) in [6.45, 7) is 0. The molecule has 0 heterocycles. The number of ether oxygens (including phenoxy) is 1. The van der Waals surface area contributed by atoms with Crippen LogP contribution in [-0.4, -0.2) is 17.2 Å². The van der Waals surface area contributed by atoms with Crippen molar-refractivity contribution in [3.63, 3.8) is 0 Å². The van der Waals surface area contributed by atoms with Crippen LogP contribution in [0.2, 0.25) is 0 Å². The van der Waals surface area contributed by atoms with E-state index in [1.54, 1.807) is 0 Å². The Morgan fingerprint density at radius 2 is 1.95 bits per heavy atom. The summed E-state index contributed by atoms with van der Waals surface area (Å²) in [4.78, 5) is 10.5. The van der Waals surface area contributed by atoms with E-state index in [4.69, 9.17) is 15.6 Å². The zero-order chi connectivity index (χ0) is 13.7. The number of carboxylic acids is 1. The Balaban J connectivity index is 1.87. The number of carboxylic acid groups (broad SMARTS) is 1. The van der Waals surface area contributed by atoms with Gasteiger partial charge >= 0.3 is 5.97 Å². The van der Waals surface area contributed by atoms with Crippen LogP contribution in [0.15, 0.2) is 24.3 Å². The Bertz CT molecular complexity index is 410. The maximum atomic E-state index is 10.5. The van der Waals surface area contributed by atoms with Crippen molar-refractivity contribution in [2.75, 3.05) is 0 Å². The van der Waals surface area contributed by atoms with Crippen LogP contribution in [0.5, 0.6) is 5.75 Å². The lowest BCUT2D eigenvalue weighted by Crippen LogP contribution is -2.13. The van der Waals surface area contributed by atoms with Crippen LogP contribution in [0.1, 0.15) is 50.1 Å². The van der Waals surface area contributed by atoms with Gasteiger partial charge in [-0.15, -0.1) is 0 Å². The molecule has 1 unspecified atom stereocenters. The third kappa shape index (κ3) is 4.24. The fourth-order valence-electron chi connectivity index (χ4n) is 2.44. The Hall–Kier alpha value is -1.55. The average molecular weight is 263 g/mol. The third-order valence-electron chi connectivity index (χ3n) is 3.58. The summed E-state index contributed by atoms with van der Waals surface area (Å²) in [6, 6.07) is 7.48. The van der Waals surface area contributed by atoms with Gasteiger partial charge in [-0.05, 0) is 49.8 Å². The molecule has 0 amide bonds. The van der Waals surface area contributed by atoms with Crippen molar-refractivity contribution < 1.29 is 14.6 Å². The number of hydrogen-bond acceptors (Lipinski definition) is 3. The molecule has 0 aromatic heterocycles. The molecule has 0 aliphatic heterocycles. The molecule has 1 fully saturated rings. The lowest BCUT2D eigenvalue weighted by atomic mass is 10.0. The molecule has 3 N–H and O–H groups in total. The zero-order valence-corrected chi connectivity index (χ0v) is 11.0. The van der Waals surface area contributed by atoms with E-state index in [1.807, 2.05) is 24.3 Å². The molecule has 1 atom stereocenters. The molecule has 2 rings (SSSR count). The molecule has 104 valence electrons.